The second kappa shape index (κ2) is 5.15. The molecular formula is C14H8BrClN2O. The topological polar surface area (TPSA) is 35.0 Å². The van der Waals surface area contributed by atoms with Gasteiger partial charge in [0.15, 0.2) is 5.15 Å². The van der Waals surface area contributed by atoms with E-state index in [2.05, 4.69) is 26.1 Å². The Morgan fingerprint density at radius 1 is 0.947 bits per heavy atom. The van der Waals surface area contributed by atoms with Crippen LogP contribution in [0.1, 0.15) is 0 Å². The van der Waals surface area contributed by atoms with Gasteiger partial charge in [0.2, 0.25) is 5.88 Å². The summed E-state index contributed by atoms with van der Waals surface area (Å²) in [4.78, 5) is 0. The third-order valence-electron chi connectivity index (χ3n) is 2.65. The second-order valence-corrected chi connectivity index (χ2v) is 5.08. The molecule has 19 heavy (non-hydrogen) atoms. The van der Waals surface area contributed by atoms with E-state index in [1.54, 1.807) is 12.1 Å². The molecule has 0 fully saturated rings. The van der Waals surface area contributed by atoms with Gasteiger partial charge in [-0.15, -0.1) is 10.2 Å². The van der Waals surface area contributed by atoms with Gasteiger partial charge in [-0.3, -0.25) is 0 Å². The highest BCUT2D eigenvalue weighted by Gasteiger charge is 2.07. The lowest BCUT2D eigenvalue weighted by Crippen LogP contribution is -1.91. The molecule has 3 aromatic rings. The molecule has 3 rings (SSSR count). The van der Waals surface area contributed by atoms with Gasteiger partial charge >= 0.3 is 0 Å². The molecule has 0 aliphatic carbocycles. The first-order valence-corrected chi connectivity index (χ1v) is 6.75. The van der Waals surface area contributed by atoms with Gasteiger partial charge in [-0.2, -0.15) is 0 Å². The minimum Gasteiger partial charge on any atom is -0.436 e. The van der Waals surface area contributed by atoms with E-state index in [9.17, 15) is 0 Å². The van der Waals surface area contributed by atoms with Crippen molar-refractivity contribution in [1.29, 1.82) is 0 Å². The molecule has 0 radical (unpaired) electrons. The van der Waals surface area contributed by atoms with Crippen molar-refractivity contribution < 1.29 is 4.74 Å². The van der Waals surface area contributed by atoms with Crippen molar-refractivity contribution in [2.75, 3.05) is 0 Å². The van der Waals surface area contributed by atoms with Gasteiger partial charge < -0.3 is 4.74 Å². The maximum absolute atomic E-state index is 5.69. The van der Waals surface area contributed by atoms with Gasteiger partial charge in [-0.1, -0.05) is 41.9 Å². The molecule has 0 amide bonds. The van der Waals surface area contributed by atoms with Crippen LogP contribution >= 0.6 is 27.5 Å². The van der Waals surface area contributed by atoms with Crippen LogP contribution in [0, 0.1) is 0 Å². The van der Waals surface area contributed by atoms with Crippen molar-refractivity contribution in [3.05, 3.63) is 58.2 Å². The summed E-state index contributed by atoms with van der Waals surface area (Å²) in [5, 5.41) is 10.2. The van der Waals surface area contributed by atoms with E-state index in [0.717, 1.165) is 15.2 Å². The van der Waals surface area contributed by atoms with Crippen molar-refractivity contribution in [3.63, 3.8) is 0 Å². The normalized spacial score (nSPS) is 10.6. The van der Waals surface area contributed by atoms with Crippen LogP contribution < -0.4 is 4.74 Å². The summed E-state index contributed by atoms with van der Waals surface area (Å²) in [5.74, 6) is 1.09. The first-order chi connectivity index (χ1) is 9.24. The van der Waals surface area contributed by atoms with E-state index in [-0.39, 0.29) is 0 Å². The number of ether oxygens (including phenoxy) is 1. The van der Waals surface area contributed by atoms with Gasteiger partial charge in [0.1, 0.15) is 5.75 Å². The fourth-order valence-corrected chi connectivity index (χ4v) is 2.44. The second-order valence-electron chi connectivity index (χ2n) is 3.90. The number of nitrogens with zero attached hydrogens (tertiary/aromatic N) is 2. The summed E-state index contributed by atoms with van der Waals surface area (Å²) in [6.07, 6.45) is 0. The number of fused-ring (bicyclic) bond motifs is 1. The SMILES string of the molecule is Clc1ccc(Oc2ccc3ccccc3c2Br)nn1. The largest absolute Gasteiger partial charge is 0.436 e. The van der Waals surface area contributed by atoms with Gasteiger partial charge in [-0.05, 0) is 38.8 Å². The number of hydrogen-bond acceptors (Lipinski definition) is 3. The van der Waals surface area contributed by atoms with Crippen molar-refractivity contribution in [3.8, 4) is 11.6 Å². The minimum absolute atomic E-state index is 0.338. The van der Waals surface area contributed by atoms with E-state index >= 15 is 0 Å². The molecule has 5 heteroatoms. The lowest BCUT2D eigenvalue weighted by molar-refractivity contribution is 0.453. The average Bonchev–Trinajstić information content (AvgIpc) is 2.45. The smallest absolute Gasteiger partial charge is 0.238 e. The van der Waals surface area contributed by atoms with E-state index < -0.39 is 0 Å². The summed E-state index contributed by atoms with van der Waals surface area (Å²) in [5.41, 5.74) is 0. The third-order valence-corrected chi connectivity index (χ3v) is 3.67. The Hall–Kier alpha value is -1.65. The van der Waals surface area contributed by atoms with Gasteiger partial charge in [-0.25, -0.2) is 0 Å². The fraction of sp³-hybridized carbons (Fsp3) is 0. The molecule has 0 N–H and O–H groups in total. The summed E-state index contributed by atoms with van der Waals surface area (Å²) in [7, 11) is 0. The molecule has 0 aliphatic heterocycles. The van der Waals surface area contributed by atoms with Gasteiger partial charge in [0.25, 0.3) is 0 Å². The predicted octanol–water partition coefficient (Wildman–Crippen LogP) is 4.84. The average molecular weight is 336 g/mol. The number of halogens is 2. The molecule has 0 atom stereocenters. The minimum atomic E-state index is 0.338. The van der Waals surface area contributed by atoms with Crippen LogP contribution in [0.5, 0.6) is 11.6 Å². The highest BCUT2D eigenvalue weighted by Crippen LogP contribution is 2.35. The molecule has 1 aromatic heterocycles. The molecule has 0 unspecified atom stereocenters. The number of rotatable bonds is 2. The zero-order valence-corrected chi connectivity index (χ0v) is 12.0. The number of benzene rings is 2. The Labute approximate surface area is 123 Å². The molecule has 0 bridgehead atoms. The Bertz CT molecular complexity index is 731. The molecular weight excluding hydrogens is 328 g/mol. The number of aromatic nitrogens is 2. The lowest BCUT2D eigenvalue weighted by Gasteiger charge is -2.08. The van der Waals surface area contributed by atoms with Gasteiger partial charge in [0.05, 0.1) is 4.47 Å². The molecule has 0 spiro atoms. The van der Waals surface area contributed by atoms with E-state index in [1.165, 1.54) is 0 Å². The summed E-state index contributed by atoms with van der Waals surface area (Å²) in [6, 6.07) is 15.3. The Balaban J connectivity index is 2.01. The molecule has 2 aromatic carbocycles. The Kier molecular flexibility index (Phi) is 3.36. The summed E-state index contributed by atoms with van der Waals surface area (Å²) < 4.78 is 6.58. The first-order valence-electron chi connectivity index (χ1n) is 5.58. The Morgan fingerprint density at radius 2 is 1.79 bits per heavy atom. The summed E-state index contributed by atoms with van der Waals surface area (Å²) in [6.45, 7) is 0. The third kappa shape index (κ3) is 2.55. The van der Waals surface area contributed by atoms with Crippen LogP contribution in [0.15, 0.2) is 53.0 Å². The lowest BCUT2D eigenvalue weighted by atomic mass is 10.1. The monoisotopic (exact) mass is 334 g/mol. The predicted molar refractivity (Wildman–Crippen MR) is 78.8 cm³/mol. The highest BCUT2D eigenvalue weighted by atomic mass is 79.9. The van der Waals surface area contributed by atoms with Crippen LogP contribution in [0.2, 0.25) is 5.15 Å². The zero-order valence-electron chi connectivity index (χ0n) is 9.68. The molecule has 0 aliphatic rings. The van der Waals surface area contributed by atoms with Crippen molar-refractivity contribution in [2.45, 2.75) is 0 Å². The van der Waals surface area contributed by atoms with Crippen LogP contribution in [0.25, 0.3) is 10.8 Å². The van der Waals surface area contributed by atoms with E-state index in [4.69, 9.17) is 16.3 Å². The molecule has 3 nitrogen and oxygen atoms in total. The maximum Gasteiger partial charge on any atom is 0.238 e. The van der Waals surface area contributed by atoms with Crippen molar-refractivity contribution in [1.82, 2.24) is 10.2 Å². The van der Waals surface area contributed by atoms with Crippen molar-refractivity contribution in [2.24, 2.45) is 0 Å². The van der Waals surface area contributed by atoms with E-state index in [0.29, 0.717) is 16.8 Å². The standard InChI is InChI=1S/C14H8BrClN2O/c15-14-10-4-2-1-3-9(10)5-6-11(14)19-13-8-7-12(16)17-18-13/h1-8H. The van der Waals surface area contributed by atoms with Crippen LogP contribution in [0.4, 0.5) is 0 Å². The van der Waals surface area contributed by atoms with Crippen LogP contribution in [0.3, 0.4) is 0 Å². The maximum atomic E-state index is 5.69. The van der Waals surface area contributed by atoms with E-state index in [1.807, 2.05) is 36.4 Å². The molecule has 1 heterocycles. The highest BCUT2D eigenvalue weighted by molar-refractivity contribution is 9.10. The fourth-order valence-electron chi connectivity index (χ4n) is 1.76. The van der Waals surface area contributed by atoms with Crippen LogP contribution in [-0.2, 0) is 0 Å². The first kappa shape index (κ1) is 12.4. The molecule has 0 saturated heterocycles. The zero-order chi connectivity index (χ0) is 13.2. The quantitative estimate of drug-likeness (QED) is 0.672. The number of hydrogen-bond donors (Lipinski definition) is 0. The molecule has 94 valence electrons. The summed E-state index contributed by atoms with van der Waals surface area (Å²) >= 11 is 9.24. The Morgan fingerprint density at radius 3 is 2.58 bits per heavy atom. The van der Waals surface area contributed by atoms with Crippen LogP contribution in [-0.4, -0.2) is 10.2 Å². The van der Waals surface area contributed by atoms with Gasteiger partial charge in [0, 0.05) is 6.07 Å². The molecule has 0 saturated carbocycles. The van der Waals surface area contributed by atoms with Crippen molar-refractivity contribution >= 4 is 38.3 Å².